The summed E-state index contributed by atoms with van der Waals surface area (Å²) in [6, 6.07) is 10.3. The van der Waals surface area contributed by atoms with Crippen molar-refractivity contribution in [3.63, 3.8) is 0 Å². The fraction of sp³-hybridized carbons (Fsp3) is 0.154. The van der Waals surface area contributed by atoms with Crippen molar-refractivity contribution in [3.8, 4) is 0 Å². The number of rotatable bonds is 4. The minimum atomic E-state index is 0.906. The second-order valence-corrected chi connectivity index (χ2v) is 3.32. The van der Waals surface area contributed by atoms with Crippen LogP contribution in [0.2, 0.25) is 0 Å². The van der Waals surface area contributed by atoms with Crippen LogP contribution in [0.5, 0.6) is 0 Å². The molecule has 76 valence electrons. The van der Waals surface area contributed by atoms with E-state index in [1.165, 1.54) is 12.0 Å². The van der Waals surface area contributed by atoms with Gasteiger partial charge >= 0.3 is 0 Å². The number of benzene rings is 1. The van der Waals surface area contributed by atoms with Crippen molar-refractivity contribution in [1.29, 1.82) is 0 Å². The van der Waals surface area contributed by atoms with Crippen LogP contribution in [0.1, 0.15) is 17.7 Å². The Bertz CT molecular complexity index is 403. The molecule has 0 radical (unpaired) electrons. The van der Waals surface area contributed by atoms with E-state index in [0.717, 1.165) is 18.6 Å². The average Bonchev–Trinajstić information content (AvgIpc) is 2.79. The number of hydrogen-bond donors (Lipinski definition) is 0. The zero-order valence-corrected chi connectivity index (χ0v) is 8.47. The molecule has 0 spiro atoms. The van der Waals surface area contributed by atoms with Crippen molar-refractivity contribution in [1.82, 2.24) is 4.98 Å². The summed E-state index contributed by atoms with van der Waals surface area (Å²) < 4.78 is 5.14. The Kier molecular flexibility index (Phi) is 3.34. The molecule has 0 amide bonds. The van der Waals surface area contributed by atoms with E-state index in [0.29, 0.717) is 0 Å². The molecular formula is C13H13NO. The quantitative estimate of drug-likeness (QED) is 0.755. The average molecular weight is 199 g/mol. The van der Waals surface area contributed by atoms with E-state index in [1.807, 2.05) is 18.2 Å². The van der Waals surface area contributed by atoms with E-state index in [2.05, 4.69) is 29.3 Å². The summed E-state index contributed by atoms with van der Waals surface area (Å²) in [6.45, 7) is 0. The first-order chi connectivity index (χ1) is 7.45. The molecule has 2 aromatic rings. The molecule has 2 rings (SSSR count). The molecule has 1 aromatic carbocycles. The van der Waals surface area contributed by atoms with Crippen molar-refractivity contribution >= 4 is 6.08 Å². The molecular weight excluding hydrogens is 186 g/mol. The lowest BCUT2D eigenvalue weighted by molar-refractivity contribution is 0.504. The molecule has 15 heavy (non-hydrogen) atoms. The van der Waals surface area contributed by atoms with Gasteiger partial charge in [-0.3, -0.25) is 0 Å². The zero-order valence-electron chi connectivity index (χ0n) is 8.47. The number of aromatic nitrogens is 1. The maximum atomic E-state index is 5.14. The monoisotopic (exact) mass is 199 g/mol. The Morgan fingerprint density at radius 1 is 1.20 bits per heavy atom. The Balaban J connectivity index is 1.81. The standard InChI is InChI=1S/C13H13NO/c1-2-6-12(7-3-1)8-4-5-9-13-10-14-11-15-13/h1-4,6-8,10-11H,5,9H2. The maximum Gasteiger partial charge on any atom is 0.180 e. The molecule has 0 saturated heterocycles. The molecule has 2 nitrogen and oxygen atoms in total. The highest BCUT2D eigenvalue weighted by atomic mass is 16.3. The van der Waals surface area contributed by atoms with Gasteiger partial charge in [-0.2, -0.15) is 0 Å². The van der Waals surface area contributed by atoms with E-state index in [-0.39, 0.29) is 0 Å². The Labute approximate surface area is 89.3 Å². The number of hydrogen-bond acceptors (Lipinski definition) is 2. The summed E-state index contributed by atoms with van der Waals surface area (Å²) >= 11 is 0. The van der Waals surface area contributed by atoms with Crippen LogP contribution in [-0.2, 0) is 6.42 Å². The number of aryl methyl sites for hydroxylation is 1. The second kappa shape index (κ2) is 5.15. The minimum absolute atomic E-state index is 0.906. The van der Waals surface area contributed by atoms with Gasteiger partial charge in [-0.05, 0) is 12.0 Å². The van der Waals surface area contributed by atoms with Gasteiger partial charge in [0.25, 0.3) is 0 Å². The highest BCUT2D eigenvalue weighted by Gasteiger charge is 1.92. The third-order valence-electron chi connectivity index (χ3n) is 2.15. The van der Waals surface area contributed by atoms with Crippen molar-refractivity contribution in [2.75, 3.05) is 0 Å². The van der Waals surface area contributed by atoms with E-state index < -0.39 is 0 Å². The van der Waals surface area contributed by atoms with Gasteiger partial charge < -0.3 is 4.42 Å². The smallest absolute Gasteiger partial charge is 0.180 e. The number of oxazole rings is 1. The maximum absolute atomic E-state index is 5.14. The minimum Gasteiger partial charge on any atom is -0.449 e. The third-order valence-corrected chi connectivity index (χ3v) is 2.15. The molecule has 1 heterocycles. The Hall–Kier alpha value is -1.83. The molecule has 0 N–H and O–H groups in total. The number of allylic oxidation sites excluding steroid dienone is 1. The summed E-state index contributed by atoms with van der Waals surface area (Å²) in [5.74, 6) is 0.938. The Morgan fingerprint density at radius 3 is 2.80 bits per heavy atom. The summed E-state index contributed by atoms with van der Waals surface area (Å²) in [7, 11) is 0. The molecule has 0 unspecified atom stereocenters. The van der Waals surface area contributed by atoms with Crippen molar-refractivity contribution in [2.24, 2.45) is 0 Å². The molecule has 0 atom stereocenters. The highest BCUT2D eigenvalue weighted by molar-refractivity contribution is 5.48. The molecule has 0 aliphatic rings. The first kappa shape index (κ1) is 9.71. The van der Waals surface area contributed by atoms with Gasteiger partial charge in [-0.25, -0.2) is 4.98 Å². The second-order valence-electron chi connectivity index (χ2n) is 3.32. The summed E-state index contributed by atoms with van der Waals surface area (Å²) in [5.41, 5.74) is 1.23. The molecule has 0 bridgehead atoms. The van der Waals surface area contributed by atoms with E-state index in [4.69, 9.17) is 4.42 Å². The van der Waals surface area contributed by atoms with Gasteiger partial charge in [0, 0.05) is 6.42 Å². The first-order valence-corrected chi connectivity index (χ1v) is 5.04. The van der Waals surface area contributed by atoms with Gasteiger partial charge in [0.2, 0.25) is 0 Å². The molecule has 1 aromatic heterocycles. The van der Waals surface area contributed by atoms with Crippen LogP contribution in [0.4, 0.5) is 0 Å². The van der Waals surface area contributed by atoms with Gasteiger partial charge in [0.05, 0.1) is 6.20 Å². The van der Waals surface area contributed by atoms with Crippen LogP contribution < -0.4 is 0 Å². The first-order valence-electron chi connectivity index (χ1n) is 5.04. The lowest BCUT2D eigenvalue weighted by Gasteiger charge is -1.92. The summed E-state index contributed by atoms with van der Waals surface area (Å²) in [5, 5.41) is 0. The molecule has 0 aliphatic carbocycles. The van der Waals surface area contributed by atoms with Crippen LogP contribution in [0.25, 0.3) is 6.08 Å². The van der Waals surface area contributed by atoms with Gasteiger partial charge in [0.15, 0.2) is 6.39 Å². The Morgan fingerprint density at radius 2 is 2.07 bits per heavy atom. The third kappa shape index (κ3) is 3.09. The van der Waals surface area contributed by atoms with E-state index in [9.17, 15) is 0 Å². The van der Waals surface area contributed by atoms with Crippen LogP contribution in [-0.4, -0.2) is 4.98 Å². The largest absolute Gasteiger partial charge is 0.449 e. The van der Waals surface area contributed by atoms with Crippen LogP contribution in [0, 0.1) is 0 Å². The molecule has 0 aliphatic heterocycles. The lowest BCUT2D eigenvalue weighted by atomic mass is 10.2. The molecule has 0 saturated carbocycles. The van der Waals surface area contributed by atoms with Crippen molar-refractivity contribution < 1.29 is 4.42 Å². The van der Waals surface area contributed by atoms with Crippen LogP contribution in [0.15, 0.2) is 53.4 Å². The summed E-state index contributed by atoms with van der Waals surface area (Å²) in [4.78, 5) is 3.87. The fourth-order valence-corrected chi connectivity index (χ4v) is 1.37. The van der Waals surface area contributed by atoms with Crippen LogP contribution >= 0.6 is 0 Å². The highest BCUT2D eigenvalue weighted by Crippen LogP contribution is 2.05. The van der Waals surface area contributed by atoms with Gasteiger partial charge in [-0.1, -0.05) is 42.5 Å². The van der Waals surface area contributed by atoms with E-state index >= 15 is 0 Å². The lowest BCUT2D eigenvalue weighted by Crippen LogP contribution is -1.77. The van der Waals surface area contributed by atoms with Crippen molar-refractivity contribution in [2.45, 2.75) is 12.8 Å². The summed E-state index contributed by atoms with van der Waals surface area (Å²) in [6.07, 6.45) is 9.38. The fourth-order valence-electron chi connectivity index (χ4n) is 1.37. The predicted molar refractivity (Wildman–Crippen MR) is 60.3 cm³/mol. The molecule has 2 heteroatoms. The zero-order chi connectivity index (χ0) is 10.3. The SMILES string of the molecule is C(=Cc1ccccc1)CCc1cnco1. The van der Waals surface area contributed by atoms with Crippen LogP contribution in [0.3, 0.4) is 0 Å². The normalized spacial score (nSPS) is 10.9. The molecule has 0 fully saturated rings. The van der Waals surface area contributed by atoms with Crippen molar-refractivity contribution in [3.05, 3.63) is 60.3 Å². The predicted octanol–water partition coefficient (Wildman–Crippen LogP) is 3.32. The van der Waals surface area contributed by atoms with Gasteiger partial charge in [-0.15, -0.1) is 0 Å². The van der Waals surface area contributed by atoms with E-state index in [1.54, 1.807) is 6.20 Å². The topological polar surface area (TPSA) is 26.0 Å². The number of nitrogens with zero attached hydrogens (tertiary/aromatic N) is 1. The van der Waals surface area contributed by atoms with Gasteiger partial charge in [0.1, 0.15) is 5.76 Å².